The van der Waals surface area contributed by atoms with Gasteiger partial charge < -0.3 is 4.42 Å². The lowest BCUT2D eigenvalue weighted by Gasteiger charge is -1.94. The second-order valence-electron chi connectivity index (χ2n) is 3.60. The fraction of sp³-hybridized carbons (Fsp3) is 0.250. The number of thiophene rings is 1. The molecule has 0 saturated heterocycles. The highest BCUT2D eigenvalue weighted by Crippen LogP contribution is 2.23. The van der Waals surface area contributed by atoms with Crippen molar-refractivity contribution in [2.24, 2.45) is 0 Å². The number of rotatable bonds is 2. The Morgan fingerprint density at radius 1 is 1.27 bits per heavy atom. The molecule has 0 N–H and O–H groups in total. The van der Waals surface area contributed by atoms with E-state index < -0.39 is 0 Å². The first-order chi connectivity index (χ1) is 7.08. The highest BCUT2D eigenvalue weighted by molar-refractivity contribution is 7.12. The Morgan fingerprint density at radius 3 is 2.47 bits per heavy atom. The standard InChI is InChI=1S/C12H12O2S/c1-7-4-10(6-14-7)12(13)11-5-8(2)15-9(11)3/h4-6H,1-3H3. The molecule has 2 aromatic heterocycles. The monoisotopic (exact) mass is 220 g/mol. The highest BCUT2D eigenvalue weighted by atomic mass is 32.1. The van der Waals surface area contributed by atoms with Gasteiger partial charge in [-0.15, -0.1) is 11.3 Å². The van der Waals surface area contributed by atoms with E-state index in [2.05, 4.69) is 0 Å². The Hall–Kier alpha value is -1.35. The summed E-state index contributed by atoms with van der Waals surface area (Å²) in [5.41, 5.74) is 1.42. The van der Waals surface area contributed by atoms with Crippen molar-refractivity contribution in [1.82, 2.24) is 0 Å². The van der Waals surface area contributed by atoms with Crippen LogP contribution >= 0.6 is 11.3 Å². The molecule has 15 heavy (non-hydrogen) atoms. The fourth-order valence-electron chi connectivity index (χ4n) is 1.57. The van der Waals surface area contributed by atoms with Crippen LogP contribution in [0.4, 0.5) is 0 Å². The maximum Gasteiger partial charge on any atom is 0.197 e. The average Bonchev–Trinajstić information content (AvgIpc) is 2.71. The van der Waals surface area contributed by atoms with Crippen molar-refractivity contribution >= 4 is 17.1 Å². The first-order valence-electron chi connectivity index (χ1n) is 4.75. The first-order valence-corrected chi connectivity index (χ1v) is 5.56. The molecule has 0 fully saturated rings. The SMILES string of the molecule is Cc1cc(C(=O)c2cc(C)sc2C)co1. The van der Waals surface area contributed by atoms with Crippen molar-refractivity contribution in [3.05, 3.63) is 45.0 Å². The summed E-state index contributed by atoms with van der Waals surface area (Å²) in [5.74, 6) is 0.816. The van der Waals surface area contributed by atoms with Crippen molar-refractivity contribution < 1.29 is 9.21 Å². The first kappa shape index (κ1) is 10.2. The van der Waals surface area contributed by atoms with Gasteiger partial charge in [0.25, 0.3) is 0 Å². The molecule has 2 aromatic rings. The lowest BCUT2D eigenvalue weighted by atomic mass is 10.1. The quantitative estimate of drug-likeness (QED) is 0.725. The molecule has 0 atom stereocenters. The largest absolute Gasteiger partial charge is 0.469 e. The van der Waals surface area contributed by atoms with E-state index in [1.807, 2.05) is 26.8 Å². The summed E-state index contributed by atoms with van der Waals surface area (Å²) in [4.78, 5) is 14.3. The molecule has 0 amide bonds. The van der Waals surface area contributed by atoms with E-state index in [4.69, 9.17) is 4.42 Å². The fourth-order valence-corrected chi connectivity index (χ4v) is 2.50. The van der Waals surface area contributed by atoms with Gasteiger partial charge in [-0.05, 0) is 32.9 Å². The number of hydrogen-bond donors (Lipinski definition) is 0. The molecule has 0 radical (unpaired) electrons. The molecule has 0 bridgehead atoms. The Labute approximate surface area is 92.5 Å². The number of ketones is 1. The van der Waals surface area contributed by atoms with Crippen molar-refractivity contribution in [2.45, 2.75) is 20.8 Å². The van der Waals surface area contributed by atoms with Crippen LogP contribution < -0.4 is 0 Å². The zero-order valence-corrected chi connectivity index (χ0v) is 9.77. The smallest absolute Gasteiger partial charge is 0.197 e. The molecule has 0 aliphatic carbocycles. The molecule has 2 rings (SSSR count). The Bertz CT molecular complexity index is 505. The molecule has 0 aliphatic rings. The van der Waals surface area contributed by atoms with Crippen molar-refractivity contribution in [3.63, 3.8) is 0 Å². The molecule has 0 saturated carbocycles. The molecule has 0 aliphatic heterocycles. The van der Waals surface area contributed by atoms with Gasteiger partial charge in [0.2, 0.25) is 0 Å². The van der Waals surface area contributed by atoms with Crippen LogP contribution in [0.5, 0.6) is 0 Å². The normalized spacial score (nSPS) is 10.6. The van der Waals surface area contributed by atoms with Crippen LogP contribution in [-0.4, -0.2) is 5.78 Å². The van der Waals surface area contributed by atoms with Crippen molar-refractivity contribution in [3.8, 4) is 0 Å². The molecule has 78 valence electrons. The zero-order chi connectivity index (χ0) is 11.0. The summed E-state index contributed by atoms with van der Waals surface area (Å²) in [5, 5.41) is 0. The lowest BCUT2D eigenvalue weighted by molar-refractivity contribution is 0.103. The van der Waals surface area contributed by atoms with Crippen LogP contribution in [-0.2, 0) is 0 Å². The van der Waals surface area contributed by atoms with Gasteiger partial charge in [0.15, 0.2) is 5.78 Å². The average molecular weight is 220 g/mol. The van der Waals surface area contributed by atoms with Crippen LogP contribution in [0, 0.1) is 20.8 Å². The van der Waals surface area contributed by atoms with Gasteiger partial charge in [0.05, 0.1) is 5.56 Å². The predicted molar refractivity (Wildman–Crippen MR) is 60.7 cm³/mol. The number of hydrogen-bond acceptors (Lipinski definition) is 3. The third kappa shape index (κ3) is 1.88. The Morgan fingerprint density at radius 2 is 2.00 bits per heavy atom. The van der Waals surface area contributed by atoms with Gasteiger partial charge in [0.1, 0.15) is 12.0 Å². The van der Waals surface area contributed by atoms with Gasteiger partial charge >= 0.3 is 0 Å². The minimum atomic E-state index is 0.0497. The number of furan rings is 1. The van der Waals surface area contributed by atoms with Crippen molar-refractivity contribution in [2.75, 3.05) is 0 Å². The third-order valence-corrected chi connectivity index (χ3v) is 3.24. The summed E-state index contributed by atoms with van der Waals surface area (Å²) >= 11 is 1.65. The lowest BCUT2D eigenvalue weighted by Crippen LogP contribution is -1.99. The molecule has 0 unspecified atom stereocenters. The minimum Gasteiger partial charge on any atom is -0.469 e. The number of carbonyl (C=O) groups excluding carboxylic acids is 1. The van der Waals surface area contributed by atoms with Gasteiger partial charge in [0, 0.05) is 15.3 Å². The van der Waals surface area contributed by atoms with Crippen molar-refractivity contribution in [1.29, 1.82) is 0 Å². The summed E-state index contributed by atoms with van der Waals surface area (Å²) in [6, 6.07) is 3.71. The van der Waals surface area contributed by atoms with E-state index >= 15 is 0 Å². The van der Waals surface area contributed by atoms with Gasteiger partial charge in [-0.3, -0.25) is 4.79 Å². The number of carbonyl (C=O) groups is 1. The summed E-state index contributed by atoms with van der Waals surface area (Å²) in [7, 11) is 0. The topological polar surface area (TPSA) is 30.2 Å². The molecule has 2 heterocycles. The molecule has 3 heteroatoms. The van der Waals surface area contributed by atoms with Crippen LogP contribution in [0.2, 0.25) is 0 Å². The van der Waals surface area contributed by atoms with Crippen LogP contribution in [0.25, 0.3) is 0 Å². The molecule has 0 aromatic carbocycles. The Kier molecular flexibility index (Phi) is 2.49. The van der Waals surface area contributed by atoms with E-state index in [-0.39, 0.29) is 5.78 Å². The van der Waals surface area contributed by atoms with Crippen LogP contribution in [0.15, 0.2) is 22.8 Å². The van der Waals surface area contributed by atoms with Crippen LogP contribution in [0.1, 0.15) is 31.4 Å². The minimum absolute atomic E-state index is 0.0497. The summed E-state index contributed by atoms with van der Waals surface area (Å²) in [6.07, 6.45) is 1.52. The molecular formula is C12H12O2S. The highest BCUT2D eigenvalue weighted by Gasteiger charge is 2.15. The van der Waals surface area contributed by atoms with Gasteiger partial charge in [-0.2, -0.15) is 0 Å². The molecule has 0 spiro atoms. The number of aryl methyl sites for hydroxylation is 3. The zero-order valence-electron chi connectivity index (χ0n) is 8.96. The second-order valence-corrected chi connectivity index (χ2v) is 5.06. The van der Waals surface area contributed by atoms with E-state index in [0.29, 0.717) is 5.56 Å². The maximum atomic E-state index is 12.0. The van der Waals surface area contributed by atoms with Crippen LogP contribution in [0.3, 0.4) is 0 Å². The van der Waals surface area contributed by atoms with E-state index in [9.17, 15) is 4.79 Å². The van der Waals surface area contributed by atoms with Gasteiger partial charge in [-0.25, -0.2) is 0 Å². The third-order valence-electron chi connectivity index (χ3n) is 2.28. The maximum absolute atomic E-state index is 12.0. The molecular weight excluding hydrogens is 208 g/mol. The second kappa shape index (κ2) is 3.66. The van der Waals surface area contributed by atoms with E-state index in [1.165, 1.54) is 6.26 Å². The predicted octanol–water partition coefficient (Wildman–Crippen LogP) is 3.50. The van der Waals surface area contributed by atoms with E-state index in [1.54, 1.807) is 17.4 Å². The summed E-state index contributed by atoms with van der Waals surface area (Å²) in [6.45, 7) is 5.81. The van der Waals surface area contributed by atoms with E-state index in [0.717, 1.165) is 21.1 Å². The van der Waals surface area contributed by atoms with Gasteiger partial charge in [-0.1, -0.05) is 0 Å². The summed E-state index contributed by atoms with van der Waals surface area (Å²) < 4.78 is 5.14. The molecule has 2 nitrogen and oxygen atoms in total. The Balaban J connectivity index is 2.40.